The van der Waals surface area contributed by atoms with Crippen LogP contribution in [0.2, 0.25) is 0 Å². The molecule has 0 aliphatic carbocycles. The van der Waals surface area contributed by atoms with Crippen molar-refractivity contribution in [1.82, 2.24) is 19.4 Å². The summed E-state index contributed by atoms with van der Waals surface area (Å²) in [6, 6.07) is 13.0. The summed E-state index contributed by atoms with van der Waals surface area (Å²) in [5.41, 5.74) is 1.81. The second-order valence-corrected chi connectivity index (χ2v) is 10.8. The second kappa shape index (κ2) is 10.7. The number of halogens is 3. The van der Waals surface area contributed by atoms with E-state index in [1.807, 2.05) is 0 Å². The van der Waals surface area contributed by atoms with Gasteiger partial charge in [-0.2, -0.15) is 13.2 Å². The number of alkyl halides is 3. The number of anilines is 4. The number of fused-ring (bicyclic) bond motifs is 1. The number of hydrogen-bond donors (Lipinski definition) is 5. The summed E-state index contributed by atoms with van der Waals surface area (Å²) in [4.78, 5) is 17.5. The van der Waals surface area contributed by atoms with Gasteiger partial charge in [0.15, 0.2) is 0 Å². The maximum Gasteiger partial charge on any atom is 0.490 e. The number of aromatic nitrogens is 2. The molecule has 17 heteroatoms. The standard InChI is InChI=1S/C18H18N6O4S2.C2HF3O2/c1-19-29(25,26)15-4-2-3-13(7-15)23-17-9-18(21-11-20-17)24-14-6-5-12-10-22-30(27,28)16(12)8-14;3-2(4,5)1(6)7/h2-9,11,19,22H,10H2,1H3,(H2,20,21,23,24);(H,6,7). The molecule has 2 aromatic carbocycles. The molecule has 2 heterocycles. The van der Waals surface area contributed by atoms with E-state index in [0.29, 0.717) is 28.6 Å². The number of nitrogens with one attached hydrogen (secondary N) is 4. The monoisotopic (exact) mass is 560 g/mol. The van der Waals surface area contributed by atoms with Gasteiger partial charge in [-0.3, -0.25) is 0 Å². The number of nitrogens with zero attached hydrogens (tertiary/aromatic N) is 2. The Balaban J connectivity index is 0.000000479. The molecule has 5 N–H and O–H groups in total. The molecule has 0 amide bonds. The van der Waals surface area contributed by atoms with Gasteiger partial charge in [0, 0.05) is 24.0 Å². The fraction of sp³-hybridized carbons (Fsp3) is 0.150. The predicted molar refractivity (Wildman–Crippen MR) is 125 cm³/mol. The van der Waals surface area contributed by atoms with Crippen LogP contribution in [0.4, 0.5) is 36.2 Å². The van der Waals surface area contributed by atoms with Crippen LogP contribution in [0, 0.1) is 0 Å². The Bertz CT molecular complexity index is 1530. The highest BCUT2D eigenvalue weighted by Crippen LogP contribution is 2.27. The summed E-state index contributed by atoms with van der Waals surface area (Å²) >= 11 is 0. The van der Waals surface area contributed by atoms with Gasteiger partial charge in [0.1, 0.15) is 18.0 Å². The van der Waals surface area contributed by atoms with E-state index in [1.54, 1.807) is 36.4 Å². The van der Waals surface area contributed by atoms with Crippen molar-refractivity contribution in [1.29, 1.82) is 0 Å². The molecule has 0 fully saturated rings. The third-order valence-corrected chi connectivity index (χ3v) is 7.57. The zero-order valence-corrected chi connectivity index (χ0v) is 20.4. The maximum atomic E-state index is 12.0. The van der Waals surface area contributed by atoms with E-state index < -0.39 is 32.2 Å². The average Bonchev–Trinajstić information content (AvgIpc) is 3.13. The Hall–Kier alpha value is -3.80. The van der Waals surface area contributed by atoms with Crippen LogP contribution in [0.3, 0.4) is 0 Å². The lowest BCUT2D eigenvalue weighted by Gasteiger charge is -2.10. The molecule has 37 heavy (non-hydrogen) atoms. The Morgan fingerprint density at radius 3 is 2.19 bits per heavy atom. The van der Waals surface area contributed by atoms with Crippen molar-refractivity contribution in [3.8, 4) is 0 Å². The maximum absolute atomic E-state index is 12.0. The van der Waals surface area contributed by atoms with E-state index >= 15 is 0 Å². The van der Waals surface area contributed by atoms with Crippen LogP contribution in [0.5, 0.6) is 0 Å². The van der Waals surface area contributed by atoms with Crippen molar-refractivity contribution >= 4 is 49.0 Å². The lowest BCUT2D eigenvalue weighted by Crippen LogP contribution is -2.21. The summed E-state index contributed by atoms with van der Waals surface area (Å²) in [6.45, 7) is 0.280. The van der Waals surface area contributed by atoms with E-state index in [9.17, 15) is 30.0 Å². The topological polar surface area (TPSA) is 179 Å². The van der Waals surface area contributed by atoms with Gasteiger partial charge in [0.25, 0.3) is 0 Å². The van der Waals surface area contributed by atoms with E-state index in [0.717, 1.165) is 0 Å². The Labute approximate surface area is 209 Å². The van der Waals surface area contributed by atoms with E-state index in [-0.39, 0.29) is 16.3 Å². The van der Waals surface area contributed by atoms with Crippen molar-refractivity contribution in [2.24, 2.45) is 0 Å². The number of rotatable bonds is 6. The zero-order chi connectivity index (χ0) is 27.4. The first-order valence-corrected chi connectivity index (χ1v) is 13.0. The normalized spacial score (nSPS) is 14.2. The van der Waals surface area contributed by atoms with Crippen LogP contribution in [0.1, 0.15) is 5.56 Å². The van der Waals surface area contributed by atoms with Crippen molar-refractivity contribution < 1.29 is 39.9 Å². The highest BCUT2D eigenvalue weighted by atomic mass is 32.2. The summed E-state index contributed by atoms with van der Waals surface area (Å²) in [5.74, 6) is -1.88. The Morgan fingerprint density at radius 2 is 1.62 bits per heavy atom. The third-order valence-electron chi connectivity index (χ3n) is 4.68. The lowest BCUT2D eigenvalue weighted by atomic mass is 10.2. The molecule has 0 bridgehead atoms. The molecule has 0 saturated carbocycles. The fourth-order valence-corrected chi connectivity index (χ4v) is 4.97. The largest absolute Gasteiger partial charge is 0.490 e. The summed E-state index contributed by atoms with van der Waals surface area (Å²) in [6.07, 6.45) is -3.75. The van der Waals surface area contributed by atoms with Gasteiger partial charge in [0.2, 0.25) is 20.0 Å². The molecular formula is C20H19F3N6O6S2. The van der Waals surface area contributed by atoms with Crippen LogP contribution >= 0.6 is 0 Å². The minimum absolute atomic E-state index is 0.121. The summed E-state index contributed by atoms with van der Waals surface area (Å²) in [5, 5.41) is 13.2. The molecule has 12 nitrogen and oxygen atoms in total. The Kier molecular flexibility index (Phi) is 8.01. The number of sulfonamides is 2. The van der Waals surface area contributed by atoms with Gasteiger partial charge in [-0.15, -0.1) is 0 Å². The molecule has 1 aliphatic heterocycles. The number of benzene rings is 2. The van der Waals surface area contributed by atoms with Gasteiger partial charge < -0.3 is 15.7 Å². The smallest absolute Gasteiger partial charge is 0.475 e. The SMILES string of the molecule is CNS(=O)(=O)c1cccc(Nc2cc(Nc3ccc4c(c3)S(=O)(=O)NC4)ncn2)c1.O=C(O)C(F)(F)F. The van der Waals surface area contributed by atoms with Gasteiger partial charge in [-0.1, -0.05) is 12.1 Å². The first kappa shape index (κ1) is 27.8. The number of aliphatic carboxylic acids is 1. The second-order valence-electron chi connectivity index (χ2n) is 7.22. The van der Waals surface area contributed by atoms with E-state index in [2.05, 4.69) is 30.0 Å². The van der Waals surface area contributed by atoms with E-state index in [4.69, 9.17) is 9.90 Å². The van der Waals surface area contributed by atoms with Gasteiger partial charge in [-0.25, -0.2) is 41.0 Å². The summed E-state index contributed by atoms with van der Waals surface area (Å²) in [7, 11) is -5.70. The zero-order valence-electron chi connectivity index (χ0n) is 18.7. The van der Waals surface area contributed by atoms with E-state index in [1.165, 1.54) is 25.5 Å². The van der Waals surface area contributed by atoms with Crippen LogP contribution < -0.4 is 20.1 Å². The number of carboxylic acids is 1. The fourth-order valence-electron chi connectivity index (χ4n) is 2.93. The number of carbonyl (C=O) groups is 1. The first-order chi connectivity index (χ1) is 17.2. The van der Waals surface area contributed by atoms with Gasteiger partial charge in [-0.05, 0) is 42.9 Å². The molecule has 0 unspecified atom stereocenters. The van der Waals surface area contributed by atoms with Gasteiger partial charge in [0.05, 0.1) is 9.79 Å². The first-order valence-electron chi connectivity index (χ1n) is 10.0. The quantitative estimate of drug-likeness (QED) is 0.300. The van der Waals surface area contributed by atoms with Crippen LogP contribution in [-0.4, -0.2) is 51.1 Å². The highest BCUT2D eigenvalue weighted by Gasteiger charge is 2.38. The third kappa shape index (κ3) is 7.13. The predicted octanol–water partition coefficient (Wildman–Crippen LogP) is 2.30. The lowest BCUT2D eigenvalue weighted by molar-refractivity contribution is -0.192. The minimum atomic E-state index is -5.08. The van der Waals surface area contributed by atoms with Gasteiger partial charge >= 0.3 is 12.1 Å². The van der Waals surface area contributed by atoms with Crippen molar-refractivity contribution in [3.05, 3.63) is 60.4 Å². The van der Waals surface area contributed by atoms with Crippen LogP contribution in [-0.2, 0) is 31.4 Å². The van der Waals surface area contributed by atoms with Crippen molar-refractivity contribution in [2.75, 3.05) is 17.7 Å². The molecule has 198 valence electrons. The molecule has 4 rings (SSSR count). The highest BCUT2D eigenvalue weighted by molar-refractivity contribution is 7.90. The van der Waals surface area contributed by atoms with Crippen LogP contribution in [0.25, 0.3) is 0 Å². The van der Waals surface area contributed by atoms with Crippen molar-refractivity contribution in [3.63, 3.8) is 0 Å². The number of carboxylic acid groups (broad SMARTS) is 1. The molecular weight excluding hydrogens is 541 g/mol. The number of hydrogen-bond acceptors (Lipinski definition) is 9. The molecule has 0 atom stereocenters. The molecule has 0 saturated heterocycles. The molecule has 0 spiro atoms. The Morgan fingerprint density at radius 1 is 1.03 bits per heavy atom. The summed E-state index contributed by atoms with van der Waals surface area (Å²) < 4.78 is 84.4. The van der Waals surface area contributed by atoms with Crippen molar-refractivity contribution in [2.45, 2.75) is 22.5 Å². The molecule has 3 aromatic rings. The van der Waals surface area contributed by atoms with Crippen LogP contribution in [0.15, 0.2) is 64.6 Å². The minimum Gasteiger partial charge on any atom is -0.475 e. The average molecular weight is 561 g/mol. The molecule has 0 radical (unpaired) electrons. The molecule has 1 aliphatic rings. The molecule has 1 aromatic heterocycles.